The number of ether oxygens (including phenoxy) is 1. The number of carboxylic acids is 2. The number of carboxylic acid groups (broad SMARTS) is 2. The molecule has 0 bridgehead atoms. The molecule has 0 atom stereocenters. The summed E-state index contributed by atoms with van der Waals surface area (Å²) < 4.78 is 4.03. The fourth-order valence-electron chi connectivity index (χ4n) is 0.218. The third-order valence-electron chi connectivity index (χ3n) is 0.440. The normalized spacial score (nSPS) is 8.00. The number of carbonyl (C=O) groups is 2. The van der Waals surface area contributed by atoms with E-state index in [9.17, 15) is 19.8 Å². The van der Waals surface area contributed by atoms with E-state index in [4.69, 9.17) is 0 Å². The molecule has 0 saturated heterocycles. The smallest absolute Gasteiger partial charge is 0.548 e. The first-order valence-electron chi connectivity index (χ1n) is 2.10. The summed E-state index contributed by atoms with van der Waals surface area (Å²) in [6.45, 7) is -1.43. The number of aliphatic carboxylic acids is 2. The third kappa shape index (κ3) is 10.4. The summed E-state index contributed by atoms with van der Waals surface area (Å²) in [5.74, 6) is -2.90. The topological polar surface area (TPSA) is 89.5 Å². The molecule has 0 heterocycles. The van der Waals surface area contributed by atoms with E-state index in [1.807, 2.05) is 0 Å². The molecule has 0 N–H and O–H groups in total. The predicted molar refractivity (Wildman–Crippen MR) is 20.8 cm³/mol. The largest absolute Gasteiger partial charge is 2.00 e. The first-order valence-corrected chi connectivity index (χ1v) is 2.10. The van der Waals surface area contributed by atoms with Gasteiger partial charge in [-0.25, -0.2) is 0 Å². The quantitative estimate of drug-likeness (QED) is 0.427. The van der Waals surface area contributed by atoms with Crippen molar-refractivity contribution in [2.45, 2.75) is 0 Å². The number of carbonyl (C=O) groups excluding carboxylic acids is 2. The fraction of sp³-hybridized carbons (Fsp3) is 0.500. The van der Waals surface area contributed by atoms with Crippen LogP contribution in [-0.2, 0) is 31.4 Å². The molecule has 0 radical (unpaired) electrons. The van der Waals surface area contributed by atoms with Crippen LogP contribution >= 0.6 is 0 Å². The SMILES string of the molecule is O=C([O-])COCC(=O)[O-].[Fe+2]. The second kappa shape index (κ2) is 6.54. The molecule has 0 fully saturated rings. The van der Waals surface area contributed by atoms with Gasteiger partial charge in [0, 0.05) is 0 Å². The van der Waals surface area contributed by atoms with Crippen molar-refractivity contribution in [2.24, 2.45) is 0 Å². The van der Waals surface area contributed by atoms with Crippen molar-refractivity contribution in [3.8, 4) is 0 Å². The van der Waals surface area contributed by atoms with Gasteiger partial charge in [-0.05, 0) is 0 Å². The predicted octanol–water partition coefficient (Wildman–Crippen LogP) is -3.50. The molecule has 0 spiro atoms. The van der Waals surface area contributed by atoms with Gasteiger partial charge in [0.05, 0.1) is 25.2 Å². The molecule has 58 valence electrons. The van der Waals surface area contributed by atoms with Crippen molar-refractivity contribution in [3.05, 3.63) is 0 Å². The molecule has 0 aliphatic carbocycles. The summed E-state index contributed by atoms with van der Waals surface area (Å²) >= 11 is 0. The van der Waals surface area contributed by atoms with Crippen molar-refractivity contribution in [3.63, 3.8) is 0 Å². The van der Waals surface area contributed by atoms with Crippen LogP contribution in [0.4, 0.5) is 0 Å². The van der Waals surface area contributed by atoms with E-state index in [-0.39, 0.29) is 17.1 Å². The maximum Gasteiger partial charge on any atom is 2.00 e. The summed E-state index contributed by atoms with van der Waals surface area (Å²) in [5.41, 5.74) is 0. The van der Waals surface area contributed by atoms with Gasteiger partial charge in [-0.15, -0.1) is 0 Å². The van der Waals surface area contributed by atoms with Gasteiger partial charge >= 0.3 is 17.1 Å². The van der Waals surface area contributed by atoms with Crippen LogP contribution in [0, 0.1) is 0 Å². The van der Waals surface area contributed by atoms with Crippen LogP contribution < -0.4 is 10.2 Å². The number of rotatable bonds is 4. The Morgan fingerprint density at radius 3 is 1.60 bits per heavy atom. The minimum atomic E-state index is -1.45. The van der Waals surface area contributed by atoms with E-state index in [0.29, 0.717) is 0 Å². The molecule has 0 rings (SSSR count). The zero-order valence-electron chi connectivity index (χ0n) is 4.81. The molecule has 0 aliphatic rings. The molecule has 0 unspecified atom stereocenters. The van der Waals surface area contributed by atoms with Crippen LogP contribution in [0.25, 0.3) is 0 Å². The number of hydrogen-bond acceptors (Lipinski definition) is 5. The molecule has 0 amide bonds. The summed E-state index contributed by atoms with van der Waals surface area (Å²) in [6.07, 6.45) is 0. The van der Waals surface area contributed by atoms with Crippen molar-refractivity contribution in [1.29, 1.82) is 0 Å². The fourth-order valence-corrected chi connectivity index (χ4v) is 0.218. The molecule has 0 aromatic heterocycles. The molecular weight excluding hydrogens is 184 g/mol. The van der Waals surface area contributed by atoms with E-state index < -0.39 is 25.2 Å². The van der Waals surface area contributed by atoms with Crippen molar-refractivity contribution >= 4 is 11.9 Å². The molecule has 0 aliphatic heterocycles. The monoisotopic (exact) mass is 188 g/mol. The van der Waals surface area contributed by atoms with Gasteiger partial charge in [-0.1, -0.05) is 0 Å². The Morgan fingerprint density at radius 2 is 1.40 bits per heavy atom. The Kier molecular flexibility index (Phi) is 7.93. The van der Waals surface area contributed by atoms with Crippen LogP contribution in [0.3, 0.4) is 0 Å². The average molecular weight is 188 g/mol. The number of hydrogen-bond donors (Lipinski definition) is 0. The Labute approximate surface area is 67.5 Å². The van der Waals surface area contributed by atoms with Crippen LogP contribution in [0.2, 0.25) is 0 Å². The Bertz CT molecular complexity index is 109. The van der Waals surface area contributed by atoms with Crippen LogP contribution in [0.15, 0.2) is 0 Å². The average Bonchev–Trinajstić information content (AvgIpc) is 1.63. The Hall–Kier alpha value is -0.581. The van der Waals surface area contributed by atoms with Crippen molar-refractivity contribution in [1.82, 2.24) is 0 Å². The minimum Gasteiger partial charge on any atom is -0.548 e. The summed E-state index contributed by atoms with van der Waals surface area (Å²) in [6, 6.07) is 0. The van der Waals surface area contributed by atoms with Gasteiger partial charge in [-0.2, -0.15) is 0 Å². The third-order valence-corrected chi connectivity index (χ3v) is 0.440. The minimum absolute atomic E-state index is 0. The molecule has 0 saturated carbocycles. The Balaban J connectivity index is 0. The van der Waals surface area contributed by atoms with Gasteiger partial charge in [0.15, 0.2) is 0 Å². The van der Waals surface area contributed by atoms with E-state index in [1.165, 1.54) is 0 Å². The molecule has 5 nitrogen and oxygen atoms in total. The first kappa shape index (κ1) is 12.1. The maximum absolute atomic E-state index is 9.53. The molecule has 0 aromatic rings. The second-order valence-corrected chi connectivity index (χ2v) is 1.24. The first-order chi connectivity index (χ1) is 4.13. The summed E-state index contributed by atoms with van der Waals surface area (Å²) in [7, 11) is 0. The summed E-state index contributed by atoms with van der Waals surface area (Å²) in [4.78, 5) is 19.1. The molecule has 10 heavy (non-hydrogen) atoms. The van der Waals surface area contributed by atoms with Crippen LogP contribution in [0.5, 0.6) is 0 Å². The molecular formula is C4H4FeO5. The van der Waals surface area contributed by atoms with Gasteiger partial charge < -0.3 is 24.5 Å². The standard InChI is InChI=1S/C4H6O5.Fe/c5-3(6)1-9-2-4(7)8;/h1-2H2,(H,5,6)(H,7,8);/q;+2/p-2. The van der Waals surface area contributed by atoms with E-state index >= 15 is 0 Å². The van der Waals surface area contributed by atoms with Crippen LogP contribution in [-0.4, -0.2) is 25.2 Å². The van der Waals surface area contributed by atoms with E-state index in [0.717, 1.165) is 0 Å². The molecule has 6 heteroatoms. The van der Waals surface area contributed by atoms with Gasteiger partial charge in [-0.3, -0.25) is 0 Å². The second-order valence-electron chi connectivity index (χ2n) is 1.24. The van der Waals surface area contributed by atoms with E-state index in [1.54, 1.807) is 0 Å². The summed E-state index contributed by atoms with van der Waals surface area (Å²) in [5, 5.41) is 19.1. The van der Waals surface area contributed by atoms with Gasteiger partial charge in [0.1, 0.15) is 0 Å². The van der Waals surface area contributed by atoms with Crippen molar-refractivity contribution in [2.75, 3.05) is 13.2 Å². The Morgan fingerprint density at radius 1 is 1.10 bits per heavy atom. The molecule has 0 aromatic carbocycles. The zero-order valence-corrected chi connectivity index (χ0v) is 5.91. The maximum atomic E-state index is 9.53. The van der Waals surface area contributed by atoms with Crippen LogP contribution in [0.1, 0.15) is 0 Å². The van der Waals surface area contributed by atoms with E-state index in [2.05, 4.69) is 4.74 Å². The zero-order chi connectivity index (χ0) is 7.28. The van der Waals surface area contributed by atoms with Gasteiger partial charge in [0.25, 0.3) is 0 Å². The van der Waals surface area contributed by atoms with Gasteiger partial charge in [0.2, 0.25) is 0 Å². The van der Waals surface area contributed by atoms with Crippen molar-refractivity contribution < 1.29 is 41.6 Å².